The second-order valence-electron chi connectivity index (χ2n) is 9.40. The molecule has 0 spiro atoms. The Hall–Kier alpha value is -2.19. The van der Waals surface area contributed by atoms with Crippen LogP contribution in [0.15, 0.2) is 24.3 Å². The van der Waals surface area contributed by atoms with Crippen LogP contribution in [0.25, 0.3) is 22.2 Å². The number of para-hydroxylation sites is 2. The molecule has 3 atom stereocenters. The van der Waals surface area contributed by atoms with E-state index < -0.39 is 44.1 Å². The predicted molar refractivity (Wildman–Crippen MR) is 122 cm³/mol. The van der Waals surface area contributed by atoms with E-state index in [1.165, 1.54) is 4.68 Å². The molecule has 180 valence electrons. The summed E-state index contributed by atoms with van der Waals surface area (Å²) in [7, 11) is -4.48. The van der Waals surface area contributed by atoms with E-state index in [4.69, 9.17) is 4.18 Å². The van der Waals surface area contributed by atoms with Crippen LogP contribution in [0.1, 0.15) is 18.8 Å². The van der Waals surface area contributed by atoms with E-state index in [2.05, 4.69) is 15.1 Å². The second kappa shape index (κ2) is 8.24. The van der Waals surface area contributed by atoms with Crippen molar-refractivity contribution in [3.63, 3.8) is 0 Å². The maximum atomic E-state index is 12.9. The quantitative estimate of drug-likeness (QED) is 0.290. The number of rotatable bonds is 7. The van der Waals surface area contributed by atoms with Gasteiger partial charge in [-0.15, -0.1) is 0 Å². The Balaban J connectivity index is 1.58. The highest BCUT2D eigenvalue weighted by Crippen LogP contribution is 2.31. The molecule has 1 aromatic carbocycles. The summed E-state index contributed by atoms with van der Waals surface area (Å²) in [5.74, 6) is -1.80. The molecular formula is C20H28N5O6S2+. The summed E-state index contributed by atoms with van der Waals surface area (Å²) >= 11 is 0. The zero-order chi connectivity index (χ0) is 24.2. The third-order valence-corrected chi connectivity index (χ3v) is 8.22. The van der Waals surface area contributed by atoms with Gasteiger partial charge in [0.2, 0.25) is 0 Å². The molecule has 0 aliphatic carbocycles. The fraction of sp³-hybridized carbons (Fsp3) is 0.550. The number of hydrogen-bond acceptors (Lipinski definition) is 8. The third kappa shape index (κ3) is 5.32. The van der Waals surface area contributed by atoms with Crippen molar-refractivity contribution in [3.8, 4) is 0 Å². The van der Waals surface area contributed by atoms with Gasteiger partial charge in [-0.1, -0.05) is 12.1 Å². The minimum absolute atomic E-state index is 0.355. The van der Waals surface area contributed by atoms with E-state index in [1.807, 2.05) is 38.4 Å². The van der Waals surface area contributed by atoms with Gasteiger partial charge in [-0.25, -0.2) is 18.8 Å². The van der Waals surface area contributed by atoms with Crippen LogP contribution in [0.3, 0.4) is 0 Å². The van der Waals surface area contributed by atoms with Crippen molar-refractivity contribution in [2.75, 3.05) is 38.7 Å². The van der Waals surface area contributed by atoms with Crippen LogP contribution >= 0.6 is 0 Å². The highest BCUT2D eigenvalue weighted by atomic mass is 32.2. The van der Waals surface area contributed by atoms with Crippen molar-refractivity contribution < 1.29 is 30.1 Å². The van der Waals surface area contributed by atoms with Crippen LogP contribution in [-0.4, -0.2) is 84.3 Å². The van der Waals surface area contributed by atoms with Crippen LogP contribution in [0.5, 0.6) is 0 Å². The Labute approximate surface area is 192 Å². The van der Waals surface area contributed by atoms with Gasteiger partial charge in [0.15, 0.2) is 11.9 Å². The van der Waals surface area contributed by atoms with Crippen molar-refractivity contribution in [2.24, 2.45) is 11.8 Å². The van der Waals surface area contributed by atoms with Gasteiger partial charge in [-0.05, 0) is 26.0 Å². The van der Waals surface area contributed by atoms with Crippen LogP contribution < -0.4 is 0 Å². The maximum Gasteiger partial charge on any atom is 0.269 e. The average Bonchev–Trinajstić information content (AvgIpc) is 3.13. The minimum Gasteiger partial charge on any atom is -0.328 e. The molecule has 13 heteroatoms. The number of fused-ring (bicyclic) bond motifs is 2. The number of likely N-dealkylation sites (tertiary alicyclic amines) is 1. The molecule has 2 aromatic heterocycles. The zero-order valence-corrected chi connectivity index (χ0v) is 20.5. The average molecular weight is 499 g/mol. The first-order valence-electron chi connectivity index (χ1n) is 10.5. The third-order valence-electron chi connectivity index (χ3n) is 5.97. The number of aryl methyl sites for hydroxylation is 1. The summed E-state index contributed by atoms with van der Waals surface area (Å²) < 4.78 is 65.3. The molecule has 4 rings (SSSR count). The molecule has 1 aliphatic heterocycles. The molecule has 3 heterocycles. The van der Waals surface area contributed by atoms with Crippen LogP contribution in [0.4, 0.5) is 0 Å². The standard InChI is InChI=1S/C20H27N5O6S2/c1-13-19-20(22-18-8-6-5-7-17(18)21-19)24(23-13)14(2)31-33(29,30)12-16-10-25(3,4)9-15(16)11-32(26,27)28/h5-8,14-16H,9-12H2,1-4H3/p+1/t14-,15-,16+/m0/s1. The predicted octanol–water partition coefficient (Wildman–Crippen LogP) is 1.36. The molecule has 11 nitrogen and oxygen atoms in total. The van der Waals surface area contributed by atoms with Gasteiger partial charge in [0.1, 0.15) is 5.52 Å². The van der Waals surface area contributed by atoms with Gasteiger partial charge >= 0.3 is 0 Å². The maximum absolute atomic E-state index is 12.9. The Morgan fingerprint density at radius 1 is 1.09 bits per heavy atom. The molecule has 1 aliphatic rings. The Morgan fingerprint density at radius 3 is 2.27 bits per heavy atom. The molecular weight excluding hydrogens is 470 g/mol. The van der Waals surface area contributed by atoms with Crippen LogP contribution in [0, 0.1) is 18.8 Å². The summed E-state index contributed by atoms with van der Waals surface area (Å²) in [5, 5.41) is 4.40. The molecule has 0 unspecified atom stereocenters. The van der Waals surface area contributed by atoms with Gasteiger partial charge in [0.25, 0.3) is 20.2 Å². The topological polar surface area (TPSA) is 141 Å². The Morgan fingerprint density at radius 2 is 1.67 bits per heavy atom. The minimum atomic E-state index is -4.23. The van der Waals surface area contributed by atoms with E-state index in [0.29, 0.717) is 45.5 Å². The van der Waals surface area contributed by atoms with Gasteiger partial charge in [-0.2, -0.15) is 21.9 Å². The highest BCUT2D eigenvalue weighted by Gasteiger charge is 2.44. The highest BCUT2D eigenvalue weighted by molar-refractivity contribution is 7.86. The van der Waals surface area contributed by atoms with E-state index in [1.54, 1.807) is 13.8 Å². The largest absolute Gasteiger partial charge is 0.328 e. The molecule has 1 fully saturated rings. The van der Waals surface area contributed by atoms with Crippen molar-refractivity contribution in [2.45, 2.75) is 20.1 Å². The lowest BCUT2D eigenvalue weighted by Crippen LogP contribution is -2.37. The monoisotopic (exact) mass is 498 g/mol. The SMILES string of the molecule is Cc1nn([C@H](C)OS(=O)(=O)C[C@H]2C[N+](C)(C)C[C@H]2CS(=O)(=O)O)c2nc3ccccc3nc12. The molecule has 0 amide bonds. The first-order valence-corrected chi connectivity index (χ1v) is 13.7. The number of aromatic nitrogens is 4. The number of quaternary nitrogens is 1. The first-order chi connectivity index (χ1) is 15.2. The lowest BCUT2D eigenvalue weighted by molar-refractivity contribution is -0.880. The van der Waals surface area contributed by atoms with Crippen LogP contribution in [-0.2, 0) is 24.4 Å². The van der Waals surface area contributed by atoms with Crippen molar-refractivity contribution in [3.05, 3.63) is 30.0 Å². The van der Waals surface area contributed by atoms with E-state index in [-0.39, 0.29) is 5.75 Å². The summed E-state index contributed by atoms with van der Waals surface area (Å²) in [5.41, 5.74) is 2.93. The summed E-state index contributed by atoms with van der Waals surface area (Å²) in [6, 6.07) is 7.35. The summed E-state index contributed by atoms with van der Waals surface area (Å²) in [6.45, 7) is 4.23. The van der Waals surface area contributed by atoms with Gasteiger partial charge in [-0.3, -0.25) is 4.55 Å². The lowest BCUT2D eigenvalue weighted by Gasteiger charge is -2.23. The number of hydrogen-bond donors (Lipinski definition) is 1. The molecule has 33 heavy (non-hydrogen) atoms. The van der Waals surface area contributed by atoms with Crippen LogP contribution in [0.2, 0.25) is 0 Å². The number of nitrogens with zero attached hydrogens (tertiary/aromatic N) is 5. The Kier molecular flexibility index (Phi) is 5.98. The van der Waals surface area contributed by atoms with E-state index in [0.717, 1.165) is 0 Å². The smallest absolute Gasteiger partial charge is 0.269 e. The summed E-state index contributed by atoms with van der Waals surface area (Å²) in [6.07, 6.45) is -0.981. The van der Waals surface area contributed by atoms with Gasteiger partial charge in [0.05, 0.1) is 55.4 Å². The fourth-order valence-electron chi connectivity index (χ4n) is 4.75. The van der Waals surface area contributed by atoms with Gasteiger partial charge in [0, 0.05) is 11.8 Å². The molecule has 3 aromatic rings. The second-order valence-corrected chi connectivity index (χ2v) is 12.5. The normalized spacial score (nSPS) is 22.2. The van der Waals surface area contributed by atoms with Gasteiger partial charge < -0.3 is 4.48 Å². The van der Waals surface area contributed by atoms with Crippen molar-refractivity contribution in [1.29, 1.82) is 0 Å². The van der Waals surface area contributed by atoms with E-state index >= 15 is 0 Å². The molecule has 1 saturated heterocycles. The van der Waals surface area contributed by atoms with E-state index in [9.17, 15) is 21.4 Å². The van der Waals surface area contributed by atoms with Crippen molar-refractivity contribution in [1.82, 2.24) is 19.7 Å². The molecule has 1 N–H and O–H groups in total. The molecule has 0 bridgehead atoms. The fourth-order valence-corrected chi connectivity index (χ4v) is 7.15. The zero-order valence-electron chi connectivity index (χ0n) is 18.9. The summed E-state index contributed by atoms with van der Waals surface area (Å²) in [4.78, 5) is 9.18. The van der Waals surface area contributed by atoms with Crippen molar-refractivity contribution >= 4 is 42.4 Å². The lowest BCUT2D eigenvalue weighted by atomic mass is 10.0. The first kappa shape index (κ1) is 24.0. The molecule has 0 radical (unpaired) electrons. The number of benzene rings is 1. The molecule has 0 saturated carbocycles. The Bertz CT molecular complexity index is 1420.